The first kappa shape index (κ1) is 16.1. The Labute approximate surface area is 136 Å². The summed E-state index contributed by atoms with van der Waals surface area (Å²) in [6.07, 6.45) is 0.699. The van der Waals surface area contributed by atoms with Gasteiger partial charge in [-0.15, -0.1) is 11.8 Å². The van der Waals surface area contributed by atoms with Crippen molar-refractivity contribution in [2.45, 2.75) is 23.7 Å². The second-order valence-electron chi connectivity index (χ2n) is 5.14. The molecule has 0 saturated carbocycles. The summed E-state index contributed by atoms with van der Waals surface area (Å²) in [6.45, 7) is 0. The Balaban J connectivity index is 1.76. The second kappa shape index (κ2) is 6.79. The maximum Gasteiger partial charge on any atom is 0.173 e. The van der Waals surface area contributed by atoms with Crippen molar-refractivity contribution in [1.29, 1.82) is 0 Å². The van der Waals surface area contributed by atoms with E-state index in [4.69, 9.17) is 4.74 Å². The minimum absolute atomic E-state index is 0.259. The van der Waals surface area contributed by atoms with Crippen molar-refractivity contribution in [2.75, 3.05) is 5.75 Å². The lowest BCUT2D eigenvalue weighted by Gasteiger charge is -2.34. The van der Waals surface area contributed by atoms with E-state index in [9.17, 15) is 19.7 Å². The molecule has 0 aliphatic carbocycles. The molecule has 1 aliphatic rings. The summed E-state index contributed by atoms with van der Waals surface area (Å²) in [5, 5.41) is 29.2. The summed E-state index contributed by atoms with van der Waals surface area (Å²) in [4.78, 5) is 8.02. The molecule has 3 N–H and O–H groups in total. The molecule has 23 heavy (non-hydrogen) atoms. The normalized spacial score (nSPS) is 27.7. The summed E-state index contributed by atoms with van der Waals surface area (Å²) in [5.74, 6) is 0.215. The van der Waals surface area contributed by atoms with Crippen molar-refractivity contribution in [2.24, 2.45) is 0 Å². The van der Waals surface area contributed by atoms with Crippen LogP contribution in [0.4, 0.5) is 4.39 Å². The summed E-state index contributed by atoms with van der Waals surface area (Å²) in [7, 11) is 0. The van der Waals surface area contributed by atoms with Gasteiger partial charge in [0.05, 0.1) is 24.2 Å². The Bertz CT molecular complexity index is 673. The molecule has 8 heteroatoms. The molecule has 1 aliphatic heterocycles. The van der Waals surface area contributed by atoms with E-state index in [1.54, 1.807) is 12.3 Å². The van der Waals surface area contributed by atoms with Gasteiger partial charge in [-0.3, -0.25) is 9.97 Å². The summed E-state index contributed by atoms with van der Waals surface area (Å²) in [5.41, 5.74) is 0.460. The Kier molecular flexibility index (Phi) is 4.76. The number of aliphatic hydroxyl groups excluding tert-OH is 3. The van der Waals surface area contributed by atoms with Crippen molar-refractivity contribution in [3.63, 3.8) is 0 Å². The molecule has 1 fully saturated rings. The maximum absolute atomic E-state index is 12.9. The van der Waals surface area contributed by atoms with Gasteiger partial charge >= 0.3 is 0 Å². The lowest BCUT2D eigenvalue weighted by Crippen LogP contribution is -2.50. The quantitative estimate of drug-likeness (QED) is 0.762. The zero-order chi connectivity index (χ0) is 16.4. The minimum Gasteiger partial charge on any atom is -0.475 e. The fourth-order valence-corrected chi connectivity index (χ4v) is 3.31. The summed E-state index contributed by atoms with van der Waals surface area (Å²) >= 11 is 1.21. The van der Waals surface area contributed by atoms with Gasteiger partial charge in [0.25, 0.3) is 0 Å². The fraction of sp³-hybridized carbons (Fsp3) is 0.333. The van der Waals surface area contributed by atoms with E-state index >= 15 is 0 Å². The number of hydrogen-bond donors (Lipinski definition) is 3. The van der Waals surface area contributed by atoms with E-state index in [1.807, 2.05) is 0 Å². The van der Waals surface area contributed by atoms with Crippen LogP contribution in [0.5, 0.6) is 5.75 Å². The average Bonchev–Trinajstić information content (AvgIpc) is 2.56. The van der Waals surface area contributed by atoms with Crippen molar-refractivity contribution in [1.82, 2.24) is 9.97 Å². The van der Waals surface area contributed by atoms with Crippen LogP contribution in [-0.4, -0.2) is 54.8 Å². The van der Waals surface area contributed by atoms with Gasteiger partial charge in [0, 0.05) is 17.5 Å². The highest BCUT2D eigenvalue weighted by Crippen LogP contribution is 2.30. The molecule has 6 nitrogen and oxygen atoms in total. The lowest BCUT2D eigenvalue weighted by atomic mass is 10.1. The van der Waals surface area contributed by atoms with E-state index in [-0.39, 0.29) is 5.75 Å². The Morgan fingerprint density at radius 3 is 2.70 bits per heavy atom. The summed E-state index contributed by atoms with van der Waals surface area (Å²) < 4.78 is 18.6. The number of nitrogens with zero attached hydrogens (tertiary/aromatic N) is 2. The number of thioether (sulfide) groups is 1. The SMILES string of the molecule is O[C@@H]1[C@@H](O)[C@H](Oc2cncc(-c3ccc(F)cn3)c2)SC[C@H]1O. The smallest absolute Gasteiger partial charge is 0.173 e. The molecule has 0 aromatic carbocycles. The van der Waals surface area contributed by atoms with Crippen molar-refractivity contribution >= 4 is 11.8 Å². The number of ether oxygens (including phenoxy) is 1. The Hall–Kier alpha value is -1.74. The van der Waals surface area contributed by atoms with Crippen LogP contribution in [0.15, 0.2) is 36.8 Å². The number of hydrogen-bond acceptors (Lipinski definition) is 7. The predicted molar refractivity (Wildman–Crippen MR) is 82.3 cm³/mol. The van der Waals surface area contributed by atoms with Crippen LogP contribution in [0.25, 0.3) is 11.3 Å². The third kappa shape index (κ3) is 3.61. The Morgan fingerprint density at radius 2 is 1.96 bits per heavy atom. The third-order valence-electron chi connectivity index (χ3n) is 3.44. The number of aliphatic hydroxyl groups is 3. The highest BCUT2D eigenvalue weighted by Gasteiger charge is 2.38. The van der Waals surface area contributed by atoms with Crippen LogP contribution in [0, 0.1) is 5.82 Å². The van der Waals surface area contributed by atoms with Gasteiger partial charge < -0.3 is 20.1 Å². The van der Waals surface area contributed by atoms with Crippen LogP contribution < -0.4 is 4.74 Å². The molecule has 0 amide bonds. The standard InChI is InChI=1S/C15H15FN2O4S/c16-9-1-2-11(18-5-9)8-3-10(6-17-4-8)22-15-14(21)13(20)12(19)7-23-15/h1-6,12-15,19-21H,7H2/t12-,13+,14-,15-/m1/s1. The van der Waals surface area contributed by atoms with Crippen LogP contribution in [0.3, 0.4) is 0 Å². The molecule has 122 valence electrons. The molecule has 0 spiro atoms. The maximum atomic E-state index is 12.9. The molecule has 0 radical (unpaired) electrons. The molecule has 3 heterocycles. The van der Waals surface area contributed by atoms with E-state index in [0.717, 1.165) is 6.20 Å². The van der Waals surface area contributed by atoms with Crippen molar-refractivity contribution < 1.29 is 24.4 Å². The van der Waals surface area contributed by atoms with Gasteiger partial charge in [0.1, 0.15) is 23.8 Å². The molecule has 0 bridgehead atoms. The molecule has 1 saturated heterocycles. The minimum atomic E-state index is -1.25. The molecule has 0 unspecified atom stereocenters. The first-order chi connectivity index (χ1) is 11.0. The average molecular weight is 338 g/mol. The zero-order valence-electron chi connectivity index (χ0n) is 11.9. The largest absolute Gasteiger partial charge is 0.475 e. The fourth-order valence-electron chi connectivity index (χ4n) is 2.19. The van der Waals surface area contributed by atoms with Gasteiger partial charge in [0.15, 0.2) is 5.44 Å². The lowest BCUT2D eigenvalue weighted by molar-refractivity contribution is -0.0786. The van der Waals surface area contributed by atoms with E-state index < -0.39 is 29.6 Å². The number of aromatic nitrogens is 2. The molecular formula is C15H15FN2O4S. The monoisotopic (exact) mass is 338 g/mol. The van der Waals surface area contributed by atoms with Gasteiger partial charge in [-0.2, -0.15) is 0 Å². The highest BCUT2D eigenvalue weighted by atomic mass is 32.2. The number of pyridine rings is 2. The first-order valence-corrected chi connectivity index (χ1v) is 7.99. The molecule has 2 aromatic rings. The third-order valence-corrected chi connectivity index (χ3v) is 4.68. The van der Waals surface area contributed by atoms with Crippen molar-refractivity contribution in [3.05, 3.63) is 42.6 Å². The molecule has 3 rings (SSSR count). The van der Waals surface area contributed by atoms with Crippen molar-refractivity contribution in [3.8, 4) is 17.0 Å². The van der Waals surface area contributed by atoms with Gasteiger partial charge in [-0.05, 0) is 18.2 Å². The number of halogens is 1. The molecule has 2 aromatic heterocycles. The highest BCUT2D eigenvalue weighted by molar-refractivity contribution is 7.99. The van der Waals surface area contributed by atoms with E-state index in [1.165, 1.54) is 30.1 Å². The van der Waals surface area contributed by atoms with Crippen LogP contribution in [-0.2, 0) is 0 Å². The number of rotatable bonds is 3. The predicted octanol–water partition coefficient (Wildman–Crippen LogP) is 0.817. The van der Waals surface area contributed by atoms with E-state index in [2.05, 4.69) is 9.97 Å². The van der Waals surface area contributed by atoms with Crippen LogP contribution in [0.1, 0.15) is 0 Å². The molecular weight excluding hydrogens is 323 g/mol. The van der Waals surface area contributed by atoms with Gasteiger partial charge in [-0.25, -0.2) is 4.39 Å². The summed E-state index contributed by atoms with van der Waals surface area (Å²) in [6, 6.07) is 4.49. The van der Waals surface area contributed by atoms with Crippen LogP contribution >= 0.6 is 11.8 Å². The Morgan fingerprint density at radius 1 is 1.13 bits per heavy atom. The zero-order valence-corrected chi connectivity index (χ0v) is 12.7. The van der Waals surface area contributed by atoms with Gasteiger partial charge in [0.2, 0.25) is 0 Å². The molecule has 4 atom stereocenters. The second-order valence-corrected chi connectivity index (χ2v) is 6.27. The topological polar surface area (TPSA) is 95.7 Å². The van der Waals surface area contributed by atoms with Crippen LogP contribution in [0.2, 0.25) is 0 Å². The first-order valence-electron chi connectivity index (χ1n) is 6.94. The van der Waals surface area contributed by atoms with Gasteiger partial charge in [-0.1, -0.05) is 0 Å². The van der Waals surface area contributed by atoms with E-state index in [0.29, 0.717) is 17.0 Å².